The van der Waals surface area contributed by atoms with Crippen molar-refractivity contribution < 1.29 is 9.59 Å². The summed E-state index contributed by atoms with van der Waals surface area (Å²) in [7, 11) is 1.49. The van der Waals surface area contributed by atoms with Gasteiger partial charge in [-0.2, -0.15) is 0 Å². The van der Waals surface area contributed by atoms with E-state index in [1.165, 1.54) is 18.9 Å². The van der Waals surface area contributed by atoms with Crippen molar-refractivity contribution in [3.8, 4) is 12.3 Å². The summed E-state index contributed by atoms with van der Waals surface area (Å²) in [6.45, 7) is 1.40. The monoisotopic (exact) mass is 139 g/mol. The molecule has 0 N–H and O–H groups in total. The molecule has 0 aliphatic rings. The summed E-state index contributed by atoms with van der Waals surface area (Å²) < 4.78 is 0. The molecule has 0 saturated heterocycles. The van der Waals surface area contributed by atoms with Crippen molar-refractivity contribution >= 4 is 11.7 Å². The second kappa shape index (κ2) is 3.67. The van der Waals surface area contributed by atoms with Gasteiger partial charge in [0.05, 0.1) is 6.54 Å². The van der Waals surface area contributed by atoms with Gasteiger partial charge < -0.3 is 4.90 Å². The van der Waals surface area contributed by atoms with Crippen molar-refractivity contribution in [1.82, 2.24) is 4.90 Å². The Morgan fingerprint density at radius 1 is 1.60 bits per heavy atom. The van der Waals surface area contributed by atoms with E-state index in [-0.39, 0.29) is 6.54 Å². The number of carbonyl (C=O) groups excluding carboxylic acids is 2. The summed E-state index contributed by atoms with van der Waals surface area (Å²) in [5.41, 5.74) is 0. The van der Waals surface area contributed by atoms with E-state index in [2.05, 4.69) is 5.92 Å². The van der Waals surface area contributed by atoms with Crippen molar-refractivity contribution in [2.45, 2.75) is 6.92 Å². The smallest absolute Gasteiger partial charge is 0.290 e. The molecular weight excluding hydrogens is 130 g/mol. The number of nitrogens with zero attached hydrogens (tertiary/aromatic N) is 1. The number of rotatable bonds is 2. The summed E-state index contributed by atoms with van der Waals surface area (Å²) in [6.07, 6.45) is 4.91. The Labute approximate surface area is 60.0 Å². The molecule has 0 aromatic heterocycles. The average Bonchev–Trinajstić information content (AvgIpc) is 1.87. The lowest BCUT2D eigenvalue weighted by molar-refractivity contribution is -0.142. The van der Waals surface area contributed by atoms with E-state index in [1.54, 1.807) is 0 Å². The Hall–Kier alpha value is -1.30. The van der Waals surface area contributed by atoms with Crippen LogP contribution in [-0.4, -0.2) is 30.2 Å². The molecule has 0 aromatic rings. The van der Waals surface area contributed by atoms with Crippen molar-refractivity contribution in [2.24, 2.45) is 0 Å². The zero-order chi connectivity index (χ0) is 8.15. The molecule has 0 unspecified atom stereocenters. The highest BCUT2D eigenvalue weighted by Crippen LogP contribution is 1.83. The van der Waals surface area contributed by atoms with E-state index in [0.717, 1.165) is 0 Å². The van der Waals surface area contributed by atoms with E-state index < -0.39 is 11.7 Å². The van der Waals surface area contributed by atoms with Crippen LogP contribution in [0, 0.1) is 12.3 Å². The summed E-state index contributed by atoms with van der Waals surface area (Å²) in [6, 6.07) is 0. The van der Waals surface area contributed by atoms with Gasteiger partial charge in [0.25, 0.3) is 5.91 Å². The molecule has 0 atom stereocenters. The maximum Gasteiger partial charge on any atom is 0.290 e. The molecule has 54 valence electrons. The van der Waals surface area contributed by atoms with Gasteiger partial charge in [-0.3, -0.25) is 9.59 Å². The summed E-state index contributed by atoms with van der Waals surface area (Å²) >= 11 is 0. The van der Waals surface area contributed by atoms with E-state index in [9.17, 15) is 9.59 Å². The predicted octanol–water partition coefficient (Wildman–Crippen LogP) is -0.333. The van der Waals surface area contributed by atoms with Gasteiger partial charge in [-0.15, -0.1) is 6.42 Å². The number of likely N-dealkylation sites (N-methyl/N-ethyl adjacent to an activating group) is 1. The first-order chi connectivity index (χ1) is 4.59. The van der Waals surface area contributed by atoms with Gasteiger partial charge in [0.15, 0.2) is 0 Å². The fourth-order valence-corrected chi connectivity index (χ4v) is 0.478. The molecule has 0 rings (SSSR count). The second-order valence-corrected chi connectivity index (χ2v) is 1.92. The first-order valence-electron chi connectivity index (χ1n) is 2.79. The van der Waals surface area contributed by atoms with Gasteiger partial charge in [0.1, 0.15) is 0 Å². The van der Waals surface area contributed by atoms with Crippen LogP contribution in [0.3, 0.4) is 0 Å². The standard InChI is InChI=1S/C7H9NO2/c1-4-5-8(3)7(10)6(2)9/h1H,5H2,2-3H3. The highest BCUT2D eigenvalue weighted by Gasteiger charge is 2.11. The maximum absolute atomic E-state index is 10.7. The third kappa shape index (κ3) is 2.31. The Morgan fingerprint density at radius 3 is 2.40 bits per heavy atom. The number of terminal acetylenes is 1. The molecule has 3 nitrogen and oxygen atoms in total. The highest BCUT2D eigenvalue weighted by molar-refractivity contribution is 6.35. The van der Waals surface area contributed by atoms with Gasteiger partial charge in [0, 0.05) is 14.0 Å². The maximum atomic E-state index is 10.7. The SMILES string of the molecule is C#CCN(C)C(=O)C(C)=O. The number of Topliss-reactive ketones (excluding diaryl/α,β-unsaturated/α-hetero) is 1. The topological polar surface area (TPSA) is 37.4 Å². The van der Waals surface area contributed by atoms with Gasteiger partial charge in [-0.05, 0) is 0 Å². The molecule has 0 saturated carbocycles. The van der Waals surface area contributed by atoms with Gasteiger partial charge in [0.2, 0.25) is 5.78 Å². The number of hydrogen-bond donors (Lipinski definition) is 0. The van der Waals surface area contributed by atoms with Crippen molar-refractivity contribution in [2.75, 3.05) is 13.6 Å². The minimum absolute atomic E-state index is 0.179. The third-order valence-corrected chi connectivity index (χ3v) is 0.976. The first-order valence-corrected chi connectivity index (χ1v) is 2.79. The molecule has 0 aliphatic heterocycles. The van der Waals surface area contributed by atoms with Crippen molar-refractivity contribution in [3.05, 3.63) is 0 Å². The number of hydrogen-bond acceptors (Lipinski definition) is 2. The molecule has 0 spiro atoms. The Kier molecular flexibility index (Phi) is 3.20. The number of amides is 1. The third-order valence-electron chi connectivity index (χ3n) is 0.976. The van der Waals surface area contributed by atoms with Crippen LogP contribution in [0.4, 0.5) is 0 Å². The summed E-state index contributed by atoms with van der Waals surface area (Å²) in [5.74, 6) is 1.22. The normalized spacial score (nSPS) is 8.10. The van der Waals surface area contributed by atoms with E-state index in [1.807, 2.05) is 0 Å². The molecular formula is C7H9NO2. The fourth-order valence-electron chi connectivity index (χ4n) is 0.478. The lowest BCUT2D eigenvalue weighted by Crippen LogP contribution is -2.31. The molecule has 0 radical (unpaired) electrons. The van der Waals surface area contributed by atoms with E-state index >= 15 is 0 Å². The molecule has 1 amide bonds. The van der Waals surface area contributed by atoms with Crippen LogP contribution in [0.25, 0.3) is 0 Å². The number of ketones is 1. The molecule has 0 heterocycles. The van der Waals surface area contributed by atoms with Crippen molar-refractivity contribution in [3.63, 3.8) is 0 Å². The largest absolute Gasteiger partial charge is 0.328 e. The van der Waals surface area contributed by atoms with Crippen LogP contribution in [-0.2, 0) is 9.59 Å². The van der Waals surface area contributed by atoms with Crippen LogP contribution >= 0.6 is 0 Å². The quantitative estimate of drug-likeness (QED) is 0.388. The van der Waals surface area contributed by atoms with Crippen LogP contribution in [0.15, 0.2) is 0 Å². The Balaban J connectivity index is 3.98. The van der Waals surface area contributed by atoms with Gasteiger partial charge in [-0.25, -0.2) is 0 Å². The molecule has 0 bridgehead atoms. The molecule has 3 heteroatoms. The number of carbonyl (C=O) groups is 2. The summed E-state index contributed by atoms with van der Waals surface area (Å²) in [4.78, 5) is 22.3. The van der Waals surface area contributed by atoms with Crippen LogP contribution in [0.2, 0.25) is 0 Å². The van der Waals surface area contributed by atoms with Gasteiger partial charge in [-0.1, -0.05) is 5.92 Å². The van der Waals surface area contributed by atoms with Crippen molar-refractivity contribution in [1.29, 1.82) is 0 Å². The second-order valence-electron chi connectivity index (χ2n) is 1.92. The minimum Gasteiger partial charge on any atom is -0.328 e. The lowest BCUT2D eigenvalue weighted by Gasteiger charge is -2.09. The lowest BCUT2D eigenvalue weighted by atomic mass is 10.4. The van der Waals surface area contributed by atoms with Gasteiger partial charge >= 0.3 is 0 Å². The molecule has 10 heavy (non-hydrogen) atoms. The molecule has 0 fully saturated rings. The Morgan fingerprint density at radius 2 is 2.10 bits per heavy atom. The molecule has 0 aromatic carbocycles. The molecule has 0 aliphatic carbocycles. The zero-order valence-corrected chi connectivity index (χ0v) is 6.05. The van der Waals surface area contributed by atoms with Crippen LogP contribution in [0.5, 0.6) is 0 Å². The first kappa shape index (κ1) is 8.70. The van der Waals surface area contributed by atoms with Crippen LogP contribution in [0.1, 0.15) is 6.92 Å². The predicted molar refractivity (Wildman–Crippen MR) is 37.2 cm³/mol. The fraction of sp³-hybridized carbons (Fsp3) is 0.429. The van der Waals surface area contributed by atoms with Crippen LogP contribution < -0.4 is 0 Å². The van der Waals surface area contributed by atoms with E-state index in [4.69, 9.17) is 6.42 Å². The summed E-state index contributed by atoms with van der Waals surface area (Å²) in [5, 5.41) is 0. The minimum atomic E-state index is -0.544. The zero-order valence-electron chi connectivity index (χ0n) is 6.05. The average molecular weight is 139 g/mol. The van der Waals surface area contributed by atoms with E-state index in [0.29, 0.717) is 0 Å². The highest BCUT2D eigenvalue weighted by atomic mass is 16.2. The Bertz CT molecular complexity index is 190.